The van der Waals surface area contributed by atoms with Gasteiger partial charge < -0.3 is 10.1 Å². The van der Waals surface area contributed by atoms with Crippen molar-refractivity contribution in [1.29, 1.82) is 0 Å². The van der Waals surface area contributed by atoms with Crippen molar-refractivity contribution in [3.05, 3.63) is 66.0 Å². The van der Waals surface area contributed by atoms with Crippen molar-refractivity contribution in [2.45, 2.75) is 13.5 Å². The average molecular weight is 278 g/mol. The summed E-state index contributed by atoms with van der Waals surface area (Å²) in [4.78, 5) is 4.14. The van der Waals surface area contributed by atoms with E-state index in [2.05, 4.69) is 41.5 Å². The molecule has 0 bridgehead atoms. The van der Waals surface area contributed by atoms with Crippen LogP contribution in [-0.4, -0.2) is 12.1 Å². The molecule has 0 aliphatic heterocycles. The zero-order valence-corrected chi connectivity index (χ0v) is 12.3. The minimum atomic E-state index is 0.762. The number of benzene rings is 2. The largest absolute Gasteiger partial charge is 0.495 e. The van der Waals surface area contributed by atoms with Crippen molar-refractivity contribution < 1.29 is 4.74 Å². The van der Waals surface area contributed by atoms with E-state index >= 15 is 0 Å². The Hall–Kier alpha value is -2.55. The van der Waals surface area contributed by atoms with Gasteiger partial charge in [-0.15, -0.1) is 0 Å². The van der Waals surface area contributed by atoms with E-state index in [-0.39, 0.29) is 0 Å². The van der Waals surface area contributed by atoms with Gasteiger partial charge in [0.1, 0.15) is 5.75 Å². The van der Waals surface area contributed by atoms with Crippen LogP contribution in [0.1, 0.15) is 11.1 Å². The molecule has 0 aliphatic rings. The van der Waals surface area contributed by atoms with Crippen LogP contribution in [0.4, 0.5) is 5.69 Å². The molecule has 0 radical (unpaired) electrons. The summed E-state index contributed by atoms with van der Waals surface area (Å²) in [6, 6.07) is 14.6. The Morgan fingerprint density at radius 3 is 2.81 bits per heavy atom. The van der Waals surface area contributed by atoms with Crippen LogP contribution in [-0.2, 0) is 6.54 Å². The van der Waals surface area contributed by atoms with Crippen molar-refractivity contribution in [3.8, 4) is 5.75 Å². The van der Waals surface area contributed by atoms with Gasteiger partial charge in [0, 0.05) is 24.3 Å². The van der Waals surface area contributed by atoms with Crippen LogP contribution in [0.15, 0.2) is 54.9 Å². The number of fused-ring (bicyclic) bond motifs is 1. The van der Waals surface area contributed by atoms with Gasteiger partial charge in [0.15, 0.2) is 0 Å². The van der Waals surface area contributed by atoms with Crippen LogP contribution in [0, 0.1) is 6.92 Å². The van der Waals surface area contributed by atoms with Gasteiger partial charge in [0.05, 0.1) is 12.8 Å². The molecule has 3 nitrogen and oxygen atoms in total. The van der Waals surface area contributed by atoms with Crippen LogP contribution in [0.5, 0.6) is 5.75 Å². The second kappa shape index (κ2) is 5.83. The fourth-order valence-corrected chi connectivity index (χ4v) is 2.40. The highest BCUT2D eigenvalue weighted by Crippen LogP contribution is 2.26. The van der Waals surface area contributed by atoms with Gasteiger partial charge in [-0.2, -0.15) is 0 Å². The van der Waals surface area contributed by atoms with E-state index in [4.69, 9.17) is 4.74 Å². The molecule has 0 saturated heterocycles. The lowest BCUT2D eigenvalue weighted by Gasteiger charge is -2.12. The van der Waals surface area contributed by atoms with Crippen molar-refractivity contribution in [3.63, 3.8) is 0 Å². The van der Waals surface area contributed by atoms with E-state index in [1.165, 1.54) is 16.5 Å². The Bertz CT molecular complexity index is 768. The number of aryl methyl sites for hydroxylation is 1. The summed E-state index contributed by atoms with van der Waals surface area (Å²) in [5, 5.41) is 5.82. The molecule has 0 amide bonds. The quantitative estimate of drug-likeness (QED) is 0.778. The van der Waals surface area contributed by atoms with Crippen LogP contribution in [0.2, 0.25) is 0 Å². The minimum Gasteiger partial charge on any atom is -0.495 e. The zero-order valence-electron chi connectivity index (χ0n) is 12.3. The maximum atomic E-state index is 5.39. The number of nitrogens with zero attached hydrogens (tertiary/aromatic N) is 1. The summed E-state index contributed by atoms with van der Waals surface area (Å²) in [7, 11) is 1.69. The van der Waals surface area contributed by atoms with Crippen LogP contribution in [0.3, 0.4) is 0 Å². The van der Waals surface area contributed by atoms with Crippen LogP contribution in [0.25, 0.3) is 10.8 Å². The van der Waals surface area contributed by atoms with Crippen molar-refractivity contribution in [2.75, 3.05) is 12.4 Å². The summed E-state index contributed by atoms with van der Waals surface area (Å²) in [6.07, 6.45) is 3.71. The highest BCUT2D eigenvalue weighted by Gasteiger charge is 2.03. The van der Waals surface area contributed by atoms with E-state index in [1.54, 1.807) is 7.11 Å². The van der Waals surface area contributed by atoms with Gasteiger partial charge >= 0.3 is 0 Å². The smallest absolute Gasteiger partial charge is 0.141 e. The molecule has 0 aliphatic carbocycles. The normalized spacial score (nSPS) is 10.6. The molecule has 1 N–H and O–H groups in total. The lowest BCUT2D eigenvalue weighted by atomic mass is 10.1. The van der Waals surface area contributed by atoms with Gasteiger partial charge in [-0.05, 0) is 47.7 Å². The molecule has 1 aromatic heterocycles. The molecule has 1 heterocycles. The topological polar surface area (TPSA) is 34.1 Å². The Balaban J connectivity index is 1.81. The lowest BCUT2D eigenvalue weighted by Crippen LogP contribution is -2.01. The third-order valence-corrected chi connectivity index (χ3v) is 3.54. The number of nitrogens with one attached hydrogen (secondary N) is 1. The molecule has 106 valence electrons. The highest BCUT2D eigenvalue weighted by atomic mass is 16.5. The third kappa shape index (κ3) is 2.97. The number of methoxy groups -OCH3 is 1. The molecule has 3 aromatic rings. The average Bonchev–Trinajstić information content (AvgIpc) is 2.53. The predicted molar refractivity (Wildman–Crippen MR) is 86.8 cm³/mol. The molecular formula is C18H18N2O. The number of pyridine rings is 1. The number of rotatable bonds is 4. The summed E-state index contributed by atoms with van der Waals surface area (Å²) in [5.41, 5.74) is 3.47. The van der Waals surface area contributed by atoms with Crippen LogP contribution >= 0.6 is 0 Å². The molecule has 3 heteroatoms. The SMILES string of the molecule is COc1ccc(C)cc1NCc1ccc2cnccc2c1. The van der Waals surface area contributed by atoms with E-state index in [0.717, 1.165) is 23.4 Å². The number of anilines is 1. The standard InChI is InChI=1S/C18H18N2O/c1-13-3-6-18(21-2)17(9-13)20-11-14-4-5-16-12-19-8-7-15(16)10-14/h3-10,12,20H,11H2,1-2H3. The summed E-state index contributed by atoms with van der Waals surface area (Å²) >= 11 is 0. The molecular weight excluding hydrogens is 260 g/mol. The summed E-state index contributed by atoms with van der Waals surface area (Å²) in [6.45, 7) is 2.84. The number of ether oxygens (including phenoxy) is 1. The number of hydrogen-bond acceptors (Lipinski definition) is 3. The van der Waals surface area contributed by atoms with Crippen LogP contribution < -0.4 is 10.1 Å². The van der Waals surface area contributed by atoms with Crippen molar-refractivity contribution in [1.82, 2.24) is 4.98 Å². The Morgan fingerprint density at radius 1 is 1.05 bits per heavy atom. The molecule has 0 fully saturated rings. The van der Waals surface area contributed by atoms with Gasteiger partial charge in [-0.3, -0.25) is 4.98 Å². The van der Waals surface area contributed by atoms with Gasteiger partial charge in [-0.1, -0.05) is 18.2 Å². The fraction of sp³-hybridized carbons (Fsp3) is 0.167. The fourth-order valence-electron chi connectivity index (χ4n) is 2.40. The lowest BCUT2D eigenvalue weighted by molar-refractivity contribution is 0.416. The second-order valence-corrected chi connectivity index (χ2v) is 5.11. The van der Waals surface area contributed by atoms with E-state index in [9.17, 15) is 0 Å². The molecule has 3 rings (SSSR count). The number of hydrogen-bond donors (Lipinski definition) is 1. The van der Waals surface area contributed by atoms with E-state index in [1.807, 2.05) is 30.6 Å². The molecule has 2 aromatic carbocycles. The Morgan fingerprint density at radius 2 is 1.95 bits per heavy atom. The summed E-state index contributed by atoms with van der Waals surface area (Å²) < 4.78 is 5.39. The summed E-state index contributed by atoms with van der Waals surface area (Å²) in [5.74, 6) is 0.866. The maximum absolute atomic E-state index is 5.39. The van der Waals surface area contributed by atoms with Gasteiger partial charge in [0.2, 0.25) is 0 Å². The first kappa shape index (κ1) is 13.4. The molecule has 0 saturated carbocycles. The zero-order chi connectivity index (χ0) is 14.7. The van der Waals surface area contributed by atoms with Crippen molar-refractivity contribution >= 4 is 16.5 Å². The molecule has 0 unspecified atom stereocenters. The first-order valence-corrected chi connectivity index (χ1v) is 6.97. The third-order valence-electron chi connectivity index (χ3n) is 3.54. The first-order chi connectivity index (χ1) is 10.3. The van der Waals surface area contributed by atoms with E-state index < -0.39 is 0 Å². The monoisotopic (exact) mass is 278 g/mol. The number of aromatic nitrogens is 1. The Kier molecular flexibility index (Phi) is 3.73. The first-order valence-electron chi connectivity index (χ1n) is 6.97. The Labute approximate surface area is 124 Å². The van der Waals surface area contributed by atoms with Gasteiger partial charge in [0.25, 0.3) is 0 Å². The van der Waals surface area contributed by atoms with Crippen molar-refractivity contribution in [2.24, 2.45) is 0 Å². The molecule has 0 atom stereocenters. The predicted octanol–water partition coefficient (Wildman–Crippen LogP) is 4.16. The van der Waals surface area contributed by atoms with E-state index in [0.29, 0.717) is 0 Å². The second-order valence-electron chi connectivity index (χ2n) is 5.11. The minimum absolute atomic E-state index is 0.762. The maximum Gasteiger partial charge on any atom is 0.141 e. The van der Waals surface area contributed by atoms with Gasteiger partial charge in [-0.25, -0.2) is 0 Å². The highest BCUT2D eigenvalue weighted by molar-refractivity contribution is 5.82. The molecule has 21 heavy (non-hydrogen) atoms. The molecule has 0 spiro atoms.